The average Bonchev–Trinajstić information content (AvgIpc) is 2.77. The first-order valence-corrected chi connectivity index (χ1v) is 6.81. The summed E-state index contributed by atoms with van der Waals surface area (Å²) in [5, 5.41) is 15.8. The predicted octanol–water partition coefficient (Wildman–Crippen LogP) is 2.48. The number of carboxylic acid groups (broad SMARTS) is 1. The number of rotatable bonds is 6. The molecule has 0 radical (unpaired) electrons. The summed E-state index contributed by atoms with van der Waals surface area (Å²) in [6.07, 6.45) is 0.623. The molecular formula is C14H22N2O4. The Labute approximate surface area is 118 Å². The van der Waals surface area contributed by atoms with Crippen LogP contribution in [0.2, 0.25) is 0 Å². The number of aryl methyl sites for hydroxylation is 1. The smallest absolute Gasteiger partial charge is 0.329 e. The molecule has 2 N–H and O–H groups in total. The van der Waals surface area contributed by atoms with Crippen LogP contribution in [-0.4, -0.2) is 27.7 Å². The lowest BCUT2D eigenvalue weighted by Crippen LogP contribution is -2.53. The van der Waals surface area contributed by atoms with Gasteiger partial charge < -0.3 is 14.9 Å². The molecule has 112 valence electrons. The van der Waals surface area contributed by atoms with Crippen LogP contribution < -0.4 is 5.32 Å². The van der Waals surface area contributed by atoms with Crippen molar-refractivity contribution in [3.8, 4) is 0 Å². The van der Waals surface area contributed by atoms with Crippen molar-refractivity contribution in [1.29, 1.82) is 0 Å². The Hall–Kier alpha value is -1.85. The molecule has 0 aliphatic carbocycles. The molecule has 0 saturated heterocycles. The van der Waals surface area contributed by atoms with E-state index in [2.05, 4.69) is 10.5 Å². The summed E-state index contributed by atoms with van der Waals surface area (Å²) in [5.74, 6) is -1.000. The molecule has 20 heavy (non-hydrogen) atoms. The maximum absolute atomic E-state index is 12.4. The minimum absolute atomic E-state index is 0.000527. The third-order valence-corrected chi connectivity index (χ3v) is 3.61. The van der Waals surface area contributed by atoms with Gasteiger partial charge in [0.2, 0.25) is 0 Å². The fourth-order valence-electron chi connectivity index (χ4n) is 2.12. The van der Waals surface area contributed by atoms with E-state index in [1.54, 1.807) is 20.8 Å². The van der Waals surface area contributed by atoms with Gasteiger partial charge in [0.05, 0.1) is 5.69 Å². The molecule has 1 rings (SSSR count). The van der Waals surface area contributed by atoms with Gasteiger partial charge in [0.25, 0.3) is 5.91 Å². The molecule has 0 aliphatic rings. The minimum atomic E-state index is -1.25. The van der Waals surface area contributed by atoms with Gasteiger partial charge in [-0.15, -0.1) is 0 Å². The first kappa shape index (κ1) is 16.2. The van der Waals surface area contributed by atoms with Crippen LogP contribution in [-0.2, 0) is 4.79 Å². The van der Waals surface area contributed by atoms with Gasteiger partial charge in [-0.3, -0.25) is 4.79 Å². The lowest BCUT2D eigenvalue weighted by atomic mass is 9.92. The summed E-state index contributed by atoms with van der Waals surface area (Å²) in [4.78, 5) is 23.9. The van der Waals surface area contributed by atoms with Crippen LogP contribution in [0.1, 0.15) is 68.3 Å². The highest BCUT2D eigenvalue weighted by Gasteiger charge is 2.38. The molecule has 0 atom stereocenters. The van der Waals surface area contributed by atoms with Crippen molar-refractivity contribution in [1.82, 2.24) is 10.5 Å². The van der Waals surface area contributed by atoms with Crippen LogP contribution >= 0.6 is 0 Å². The standard InChI is InChI=1S/C14H22N2O4/c1-6-14(7-2,13(18)19)15-12(17)10-9(5)16-20-11(10)8(3)4/h8H,6-7H2,1-5H3,(H,15,17)(H,18,19). The molecule has 6 nitrogen and oxygen atoms in total. The molecular weight excluding hydrogens is 260 g/mol. The predicted molar refractivity (Wildman–Crippen MR) is 73.7 cm³/mol. The molecule has 0 unspecified atom stereocenters. The molecule has 0 spiro atoms. The van der Waals surface area contributed by atoms with E-state index in [0.717, 1.165) is 0 Å². The highest BCUT2D eigenvalue weighted by atomic mass is 16.5. The summed E-state index contributed by atoms with van der Waals surface area (Å²) in [6, 6.07) is 0. The number of carbonyl (C=O) groups excluding carboxylic acids is 1. The second-order valence-corrected chi connectivity index (χ2v) is 5.21. The zero-order valence-corrected chi connectivity index (χ0v) is 12.6. The van der Waals surface area contributed by atoms with E-state index in [-0.39, 0.29) is 5.92 Å². The highest BCUT2D eigenvalue weighted by molar-refractivity contribution is 5.99. The van der Waals surface area contributed by atoms with Crippen molar-refractivity contribution < 1.29 is 19.2 Å². The topological polar surface area (TPSA) is 92.4 Å². The number of nitrogens with zero attached hydrogens (tertiary/aromatic N) is 1. The van der Waals surface area contributed by atoms with Crippen molar-refractivity contribution in [2.24, 2.45) is 0 Å². The Morgan fingerprint density at radius 1 is 1.35 bits per heavy atom. The SMILES string of the molecule is CCC(CC)(NC(=O)c1c(C)noc1C(C)C)C(=O)O. The number of carboxylic acids is 1. The first-order valence-electron chi connectivity index (χ1n) is 6.81. The third-order valence-electron chi connectivity index (χ3n) is 3.61. The summed E-state index contributed by atoms with van der Waals surface area (Å²) in [5.41, 5.74) is -0.445. The van der Waals surface area contributed by atoms with Crippen molar-refractivity contribution in [3.05, 3.63) is 17.0 Å². The second-order valence-electron chi connectivity index (χ2n) is 5.21. The van der Waals surface area contributed by atoms with Gasteiger partial charge in [-0.1, -0.05) is 32.9 Å². The Morgan fingerprint density at radius 3 is 2.30 bits per heavy atom. The number of aliphatic carboxylic acids is 1. The Morgan fingerprint density at radius 2 is 1.90 bits per heavy atom. The van der Waals surface area contributed by atoms with Crippen LogP contribution in [0.15, 0.2) is 4.52 Å². The van der Waals surface area contributed by atoms with Crippen molar-refractivity contribution >= 4 is 11.9 Å². The monoisotopic (exact) mass is 282 g/mol. The van der Waals surface area contributed by atoms with E-state index in [1.165, 1.54) is 0 Å². The molecule has 0 bridgehead atoms. The number of carbonyl (C=O) groups is 2. The van der Waals surface area contributed by atoms with Crippen LogP contribution in [0.25, 0.3) is 0 Å². The van der Waals surface area contributed by atoms with Gasteiger partial charge in [0.1, 0.15) is 11.1 Å². The summed E-state index contributed by atoms with van der Waals surface area (Å²) < 4.78 is 5.16. The minimum Gasteiger partial charge on any atom is -0.480 e. The summed E-state index contributed by atoms with van der Waals surface area (Å²) in [6.45, 7) is 8.93. The zero-order valence-electron chi connectivity index (χ0n) is 12.6. The molecule has 6 heteroatoms. The summed E-state index contributed by atoms with van der Waals surface area (Å²) in [7, 11) is 0. The van der Waals surface area contributed by atoms with E-state index in [0.29, 0.717) is 29.9 Å². The van der Waals surface area contributed by atoms with E-state index < -0.39 is 17.4 Å². The van der Waals surface area contributed by atoms with Crippen LogP contribution in [0.4, 0.5) is 0 Å². The average molecular weight is 282 g/mol. The molecule has 1 aromatic rings. The number of hydrogen-bond donors (Lipinski definition) is 2. The van der Waals surface area contributed by atoms with E-state index in [1.807, 2.05) is 13.8 Å². The van der Waals surface area contributed by atoms with Gasteiger partial charge in [-0.2, -0.15) is 0 Å². The van der Waals surface area contributed by atoms with Crippen molar-refractivity contribution in [2.45, 2.75) is 58.9 Å². The molecule has 0 aliphatic heterocycles. The van der Waals surface area contributed by atoms with Crippen molar-refractivity contribution in [3.63, 3.8) is 0 Å². The lowest BCUT2D eigenvalue weighted by molar-refractivity contribution is -0.144. The van der Waals surface area contributed by atoms with E-state index >= 15 is 0 Å². The third kappa shape index (κ3) is 2.84. The molecule has 0 aromatic carbocycles. The Balaban J connectivity index is 3.13. The molecule has 1 aromatic heterocycles. The number of aromatic nitrogens is 1. The first-order chi connectivity index (χ1) is 9.29. The van der Waals surface area contributed by atoms with Crippen LogP contribution in [0, 0.1) is 6.92 Å². The number of amides is 1. The zero-order chi connectivity index (χ0) is 15.5. The lowest BCUT2D eigenvalue weighted by Gasteiger charge is -2.28. The molecule has 1 amide bonds. The second kappa shape index (κ2) is 6.07. The van der Waals surface area contributed by atoms with Gasteiger partial charge >= 0.3 is 5.97 Å². The normalized spacial score (nSPS) is 11.7. The van der Waals surface area contributed by atoms with Crippen LogP contribution in [0.3, 0.4) is 0 Å². The van der Waals surface area contributed by atoms with Gasteiger partial charge in [0, 0.05) is 5.92 Å². The van der Waals surface area contributed by atoms with Crippen LogP contribution in [0.5, 0.6) is 0 Å². The molecule has 0 fully saturated rings. The molecule has 0 saturated carbocycles. The Bertz CT molecular complexity index is 501. The number of hydrogen-bond acceptors (Lipinski definition) is 4. The van der Waals surface area contributed by atoms with E-state index in [4.69, 9.17) is 4.52 Å². The molecule has 1 heterocycles. The fraction of sp³-hybridized carbons (Fsp3) is 0.643. The van der Waals surface area contributed by atoms with Gasteiger partial charge in [-0.05, 0) is 19.8 Å². The quantitative estimate of drug-likeness (QED) is 0.836. The summed E-state index contributed by atoms with van der Waals surface area (Å²) >= 11 is 0. The van der Waals surface area contributed by atoms with E-state index in [9.17, 15) is 14.7 Å². The Kier molecular flexibility index (Phi) is 4.92. The van der Waals surface area contributed by atoms with Crippen molar-refractivity contribution in [2.75, 3.05) is 0 Å². The maximum atomic E-state index is 12.4. The van der Waals surface area contributed by atoms with Gasteiger partial charge in [0.15, 0.2) is 5.76 Å². The number of nitrogens with one attached hydrogen (secondary N) is 1. The largest absolute Gasteiger partial charge is 0.480 e. The fourth-order valence-corrected chi connectivity index (χ4v) is 2.12. The maximum Gasteiger partial charge on any atom is 0.329 e. The highest BCUT2D eigenvalue weighted by Crippen LogP contribution is 2.24. The van der Waals surface area contributed by atoms with Gasteiger partial charge in [-0.25, -0.2) is 4.79 Å².